The topological polar surface area (TPSA) is 52.6 Å². The molecule has 33 heavy (non-hydrogen) atoms. The van der Waals surface area contributed by atoms with Crippen molar-refractivity contribution < 1.29 is 9.59 Å². The number of aryl methyl sites for hydroxylation is 1. The lowest BCUT2D eigenvalue weighted by Gasteiger charge is -2.30. The van der Waals surface area contributed by atoms with Crippen LogP contribution in [-0.2, 0) is 16.0 Å². The van der Waals surface area contributed by atoms with Crippen molar-refractivity contribution in [1.29, 1.82) is 0 Å². The molecule has 2 fully saturated rings. The van der Waals surface area contributed by atoms with E-state index in [1.807, 2.05) is 9.80 Å². The van der Waals surface area contributed by atoms with E-state index in [2.05, 4.69) is 67.7 Å². The molecule has 0 aromatic heterocycles. The van der Waals surface area contributed by atoms with E-state index in [0.717, 1.165) is 44.5 Å². The number of piperidine rings is 1. The van der Waals surface area contributed by atoms with Crippen LogP contribution in [0.25, 0.3) is 11.1 Å². The number of nitrogens with zero attached hydrogens (tertiary/aromatic N) is 2. The van der Waals surface area contributed by atoms with Gasteiger partial charge in [0, 0.05) is 32.1 Å². The number of hydrogen-bond donors (Lipinski definition) is 1. The standard InChI is InChI=1S/C28H37N3O2/c1-3-15-30-16-17-31(27(32)24-11-13-29-14-12-24)20-26(28(30)33)19-22-7-9-23(10-8-22)25-6-4-5-21(2)18-25/h4-10,18,24,26,29H,3,11-17,19-20H2,1-2H3/t26-/m0/s1. The third-order valence-corrected chi connectivity index (χ3v) is 7.02. The highest BCUT2D eigenvalue weighted by Crippen LogP contribution is 2.24. The van der Waals surface area contributed by atoms with Crippen LogP contribution in [-0.4, -0.2) is 60.9 Å². The molecule has 0 radical (unpaired) electrons. The molecule has 1 atom stereocenters. The molecule has 2 aliphatic rings. The number of amides is 2. The van der Waals surface area contributed by atoms with Crippen LogP contribution in [0, 0.1) is 18.8 Å². The fourth-order valence-corrected chi connectivity index (χ4v) is 5.16. The Morgan fingerprint density at radius 2 is 1.79 bits per heavy atom. The van der Waals surface area contributed by atoms with Crippen molar-refractivity contribution in [2.45, 2.75) is 39.5 Å². The summed E-state index contributed by atoms with van der Waals surface area (Å²) in [5, 5.41) is 3.34. The Morgan fingerprint density at radius 3 is 2.48 bits per heavy atom. The number of carbonyl (C=O) groups is 2. The predicted octanol–water partition coefficient (Wildman–Crippen LogP) is 3.90. The van der Waals surface area contributed by atoms with Crippen LogP contribution in [0.3, 0.4) is 0 Å². The Morgan fingerprint density at radius 1 is 1.03 bits per heavy atom. The molecule has 2 amide bonds. The molecule has 0 unspecified atom stereocenters. The van der Waals surface area contributed by atoms with Crippen LogP contribution >= 0.6 is 0 Å². The first kappa shape index (κ1) is 23.5. The lowest BCUT2D eigenvalue weighted by Crippen LogP contribution is -2.43. The molecule has 176 valence electrons. The lowest BCUT2D eigenvalue weighted by atomic mass is 9.93. The van der Waals surface area contributed by atoms with Crippen LogP contribution in [0.1, 0.15) is 37.3 Å². The third kappa shape index (κ3) is 5.83. The molecule has 2 saturated heterocycles. The van der Waals surface area contributed by atoms with Gasteiger partial charge in [0.1, 0.15) is 0 Å². The van der Waals surface area contributed by atoms with Crippen molar-refractivity contribution in [3.8, 4) is 11.1 Å². The molecule has 2 aromatic rings. The van der Waals surface area contributed by atoms with Gasteiger partial charge in [0.05, 0.1) is 5.92 Å². The first-order valence-corrected chi connectivity index (χ1v) is 12.5. The Hall–Kier alpha value is -2.66. The number of carbonyl (C=O) groups excluding carboxylic acids is 2. The molecular weight excluding hydrogens is 410 g/mol. The fourth-order valence-electron chi connectivity index (χ4n) is 5.16. The highest BCUT2D eigenvalue weighted by molar-refractivity contribution is 5.83. The second-order valence-electron chi connectivity index (χ2n) is 9.60. The summed E-state index contributed by atoms with van der Waals surface area (Å²) in [6.07, 6.45) is 3.40. The molecule has 0 aliphatic carbocycles. The maximum Gasteiger partial charge on any atom is 0.227 e. The van der Waals surface area contributed by atoms with E-state index in [4.69, 9.17) is 0 Å². The van der Waals surface area contributed by atoms with Gasteiger partial charge in [0.15, 0.2) is 0 Å². The average molecular weight is 448 g/mol. The van der Waals surface area contributed by atoms with E-state index in [1.54, 1.807) is 0 Å². The summed E-state index contributed by atoms with van der Waals surface area (Å²) in [6, 6.07) is 17.1. The SMILES string of the molecule is CCCN1CCN(C(=O)C2CCNCC2)C[C@H](Cc2ccc(-c3cccc(C)c3)cc2)C1=O. The Balaban J connectivity index is 1.50. The number of rotatable bonds is 6. The maximum atomic E-state index is 13.4. The van der Waals surface area contributed by atoms with Crippen LogP contribution in [0.15, 0.2) is 48.5 Å². The zero-order valence-electron chi connectivity index (χ0n) is 20.1. The largest absolute Gasteiger partial charge is 0.341 e. The minimum absolute atomic E-state index is 0.0911. The second-order valence-corrected chi connectivity index (χ2v) is 9.60. The Labute approximate surface area is 198 Å². The average Bonchev–Trinajstić information content (AvgIpc) is 2.99. The molecular formula is C28H37N3O2. The molecule has 1 N–H and O–H groups in total. The monoisotopic (exact) mass is 447 g/mol. The molecule has 2 aromatic carbocycles. The van der Waals surface area contributed by atoms with Gasteiger partial charge in [0.2, 0.25) is 11.8 Å². The summed E-state index contributed by atoms with van der Waals surface area (Å²) in [5.74, 6) is 0.338. The predicted molar refractivity (Wildman–Crippen MR) is 133 cm³/mol. The number of nitrogens with one attached hydrogen (secondary N) is 1. The summed E-state index contributed by atoms with van der Waals surface area (Å²) >= 11 is 0. The third-order valence-electron chi connectivity index (χ3n) is 7.02. The van der Waals surface area contributed by atoms with E-state index in [1.165, 1.54) is 16.7 Å². The van der Waals surface area contributed by atoms with Gasteiger partial charge in [-0.2, -0.15) is 0 Å². The van der Waals surface area contributed by atoms with Gasteiger partial charge in [-0.3, -0.25) is 9.59 Å². The van der Waals surface area contributed by atoms with E-state index in [9.17, 15) is 9.59 Å². The summed E-state index contributed by atoms with van der Waals surface area (Å²) in [7, 11) is 0. The van der Waals surface area contributed by atoms with Crippen LogP contribution in [0.4, 0.5) is 0 Å². The zero-order chi connectivity index (χ0) is 23.2. The Bertz CT molecular complexity index is 950. The first-order valence-electron chi connectivity index (χ1n) is 12.5. The van der Waals surface area contributed by atoms with E-state index < -0.39 is 0 Å². The number of hydrogen-bond acceptors (Lipinski definition) is 3. The van der Waals surface area contributed by atoms with Crippen LogP contribution < -0.4 is 5.32 Å². The summed E-state index contributed by atoms with van der Waals surface area (Å²) in [5.41, 5.74) is 4.79. The summed E-state index contributed by atoms with van der Waals surface area (Å²) in [4.78, 5) is 30.6. The van der Waals surface area contributed by atoms with E-state index >= 15 is 0 Å². The van der Waals surface area contributed by atoms with E-state index in [0.29, 0.717) is 26.1 Å². The maximum absolute atomic E-state index is 13.4. The molecule has 5 heteroatoms. The molecule has 2 heterocycles. The van der Waals surface area contributed by atoms with Crippen molar-refractivity contribution in [2.75, 3.05) is 39.3 Å². The summed E-state index contributed by atoms with van der Waals surface area (Å²) < 4.78 is 0. The highest BCUT2D eigenvalue weighted by atomic mass is 16.2. The van der Waals surface area contributed by atoms with Gasteiger partial charge in [-0.25, -0.2) is 0 Å². The molecule has 4 rings (SSSR count). The molecule has 5 nitrogen and oxygen atoms in total. The molecule has 0 saturated carbocycles. The quantitative estimate of drug-likeness (QED) is 0.731. The smallest absolute Gasteiger partial charge is 0.227 e. The molecule has 0 bridgehead atoms. The van der Waals surface area contributed by atoms with Crippen molar-refractivity contribution in [3.63, 3.8) is 0 Å². The van der Waals surface area contributed by atoms with E-state index in [-0.39, 0.29) is 23.7 Å². The zero-order valence-corrected chi connectivity index (χ0v) is 20.1. The summed E-state index contributed by atoms with van der Waals surface area (Å²) in [6.45, 7) is 8.61. The van der Waals surface area contributed by atoms with Crippen LogP contribution in [0.2, 0.25) is 0 Å². The van der Waals surface area contributed by atoms with Gasteiger partial charge < -0.3 is 15.1 Å². The minimum atomic E-state index is -0.186. The first-order chi connectivity index (χ1) is 16.0. The van der Waals surface area contributed by atoms with Crippen LogP contribution in [0.5, 0.6) is 0 Å². The lowest BCUT2D eigenvalue weighted by molar-refractivity contribution is -0.137. The fraction of sp³-hybridized carbons (Fsp3) is 0.500. The molecule has 2 aliphatic heterocycles. The highest BCUT2D eigenvalue weighted by Gasteiger charge is 2.34. The van der Waals surface area contributed by atoms with Crippen molar-refractivity contribution in [2.24, 2.45) is 11.8 Å². The normalized spacial score (nSPS) is 20.1. The number of benzene rings is 2. The van der Waals surface area contributed by atoms with Gasteiger partial charge in [-0.15, -0.1) is 0 Å². The van der Waals surface area contributed by atoms with Crippen molar-refractivity contribution in [3.05, 3.63) is 59.7 Å². The van der Waals surface area contributed by atoms with Gasteiger partial charge in [-0.05, 0) is 62.4 Å². The van der Waals surface area contributed by atoms with Crippen molar-refractivity contribution >= 4 is 11.8 Å². The Kier molecular flexibility index (Phi) is 7.81. The van der Waals surface area contributed by atoms with Gasteiger partial charge >= 0.3 is 0 Å². The van der Waals surface area contributed by atoms with Crippen molar-refractivity contribution in [1.82, 2.24) is 15.1 Å². The van der Waals surface area contributed by atoms with Gasteiger partial charge in [0.25, 0.3) is 0 Å². The van der Waals surface area contributed by atoms with Gasteiger partial charge in [-0.1, -0.05) is 61.0 Å². The second kappa shape index (κ2) is 11.0. The minimum Gasteiger partial charge on any atom is -0.341 e. The molecule has 0 spiro atoms.